The predicted molar refractivity (Wildman–Crippen MR) is 92.3 cm³/mol. The van der Waals surface area contributed by atoms with Gasteiger partial charge in [0.15, 0.2) is 9.84 Å². The lowest BCUT2D eigenvalue weighted by atomic mass is 9.80. The van der Waals surface area contributed by atoms with E-state index < -0.39 is 9.84 Å². The highest BCUT2D eigenvalue weighted by atomic mass is 32.2. The average Bonchev–Trinajstić information content (AvgIpc) is 2.40. The van der Waals surface area contributed by atoms with Crippen LogP contribution < -0.4 is 5.32 Å². The summed E-state index contributed by atoms with van der Waals surface area (Å²) in [6.45, 7) is 6.33. The van der Waals surface area contributed by atoms with Crippen molar-refractivity contribution in [1.82, 2.24) is 5.32 Å². The van der Waals surface area contributed by atoms with Crippen molar-refractivity contribution >= 4 is 9.84 Å². The first kappa shape index (κ1) is 17.2. The van der Waals surface area contributed by atoms with Crippen molar-refractivity contribution in [3.05, 3.63) is 47.0 Å². The standard InChI is InChI=1S/C18H27NO2S/c1-14-6-4-7-15(2)18(14)12-19-11-16-8-5-9-17(10-16)13-22(3,20)21/h5-6,8-10,15,18-19H,4,7,11-13H2,1-3H3/t15-,18-/m0/s1. The van der Waals surface area contributed by atoms with Gasteiger partial charge in [0.25, 0.3) is 0 Å². The van der Waals surface area contributed by atoms with Crippen molar-refractivity contribution in [3.63, 3.8) is 0 Å². The summed E-state index contributed by atoms with van der Waals surface area (Å²) in [7, 11) is -2.97. The van der Waals surface area contributed by atoms with Crippen molar-refractivity contribution in [2.45, 2.75) is 39.0 Å². The minimum Gasteiger partial charge on any atom is -0.312 e. The van der Waals surface area contributed by atoms with Gasteiger partial charge in [0, 0.05) is 19.3 Å². The van der Waals surface area contributed by atoms with E-state index in [1.807, 2.05) is 24.3 Å². The molecule has 2 atom stereocenters. The van der Waals surface area contributed by atoms with Gasteiger partial charge in [-0.15, -0.1) is 0 Å². The van der Waals surface area contributed by atoms with Crippen LogP contribution in [0.25, 0.3) is 0 Å². The maximum absolute atomic E-state index is 11.4. The van der Waals surface area contributed by atoms with E-state index >= 15 is 0 Å². The molecule has 2 rings (SSSR count). The topological polar surface area (TPSA) is 46.2 Å². The van der Waals surface area contributed by atoms with E-state index in [9.17, 15) is 8.42 Å². The molecule has 4 heteroatoms. The molecule has 0 heterocycles. The number of hydrogen-bond donors (Lipinski definition) is 1. The van der Waals surface area contributed by atoms with Crippen molar-refractivity contribution < 1.29 is 8.42 Å². The molecule has 0 radical (unpaired) electrons. The minimum absolute atomic E-state index is 0.113. The molecule has 1 aromatic rings. The first-order valence-electron chi connectivity index (χ1n) is 7.98. The Labute approximate surface area is 134 Å². The fourth-order valence-electron chi connectivity index (χ4n) is 3.24. The third-order valence-corrected chi connectivity index (χ3v) is 5.33. The van der Waals surface area contributed by atoms with Crippen molar-refractivity contribution in [1.29, 1.82) is 0 Å². The summed E-state index contributed by atoms with van der Waals surface area (Å²) >= 11 is 0. The van der Waals surface area contributed by atoms with Crippen molar-refractivity contribution in [3.8, 4) is 0 Å². The van der Waals surface area contributed by atoms with E-state index in [0.717, 1.165) is 30.1 Å². The lowest BCUT2D eigenvalue weighted by Gasteiger charge is -2.29. The van der Waals surface area contributed by atoms with Crippen LogP contribution in [0.2, 0.25) is 0 Å². The summed E-state index contributed by atoms with van der Waals surface area (Å²) in [5.74, 6) is 1.46. The normalized spacial score (nSPS) is 22.4. The summed E-state index contributed by atoms with van der Waals surface area (Å²) in [4.78, 5) is 0. The SMILES string of the molecule is CC1=CCC[C@H](C)[C@H]1CNCc1cccc(CS(C)(=O)=O)c1. The number of sulfone groups is 1. The number of benzene rings is 1. The van der Waals surface area contributed by atoms with Gasteiger partial charge in [0.05, 0.1) is 5.75 Å². The highest BCUT2D eigenvalue weighted by Crippen LogP contribution is 2.29. The molecule has 1 aliphatic rings. The second-order valence-corrected chi connectivity index (χ2v) is 8.77. The largest absolute Gasteiger partial charge is 0.312 e. The van der Waals surface area contributed by atoms with E-state index in [-0.39, 0.29) is 5.75 Å². The van der Waals surface area contributed by atoms with Crippen molar-refractivity contribution in [2.24, 2.45) is 11.8 Å². The van der Waals surface area contributed by atoms with Gasteiger partial charge in [-0.1, -0.05) is 42.8 Å². The van der Waals surface area contributed by atoms with Gasteiger partial charge in [-0.2, -0.15) is 0 Å². The summed E-state index contributed by atoms with van der Waals surface area (Å²) in [6, 6.07) is 7.85. The second kappa shape index (κ2) is 7.42. The van der Waals surface area contributed by atoms with Gasteiger partial charge >= 0.3 is 0 Å². The first-order chi connectivity index (χ1) is 10.3. The molecule has 1 N–H and O–H groups in total. The molecule has 1 aromatic carbocycles. The minimum atomic E-state index is -2.97. The monoisotopic (exact) mass is 321 g/mol. The Morgan fingerprint density at radius 2 is 2.00 bits per heavy atom. The van der Waals surface area contributed by atoms with Crippen LogP contribution in [0.4, 0.5) is 0 Å². The number of nitrogens with one attached hydrogen (secondary N) is 1. The molecule has 1 aliphatic carbocycles. The Bertz CT molecular complexity index is 634. The van der Waals surface area contributed by atoms with E-state index in [1.54, 1.807) is 0 Å². The van der Waals surface area contributed by atoms with Crippen molar-refractivity contribution in [2.75, 3.05) is 12.8 Å². The number of rotatable bonds is 6. The first-order valence-corrected chi connectivity index (χ1v) is 10.0. The molecule has 22 heavy (non-hydrogen) atoms. The van der Waals surface area contributed by atoms with Crippen LogP contribution in [0.15, 0.2) is 35.9 Å². The molecule has 0 amide bonds. The van der Waals surface area contributed by atoms with Gasteiger partial charge in [-0.05, 0) is 42.7 Å². The Kier molecular flexibility index (Phi) is 5.81. The Morgan fingerprint density at radius 1 is 1.27 bits per heavy atom. The molecule has 0 spiro atoms. The fourth-order valence-corrected chi connectivity index (χ4v) is 4.03. The van der Waals surface area contributed by atoms with Crippen LogP contribution in [0, 0.1) is 11.8 Å². The zero-order valence-electron chi connectivity index (χ0n) is 13.8. The lowest BCUT2D eigenvalue weighted by molar-refractivity contribution is 0.350. The maximum Gasteiger partial charge on any atom is 0.151 e. The molecule has 0 fully saturated rings. The quantitative estimate of drug-likeness (QED) is 0.818. The van der Waals surface area contributed by atoms with Gasteiger partial charge in [-0.3, -0.25) is 0 Å². The van der Waals surface area contributed by atoms with Gasteiger partial charge in [0.1, 0.15) is 0 Å². The molecule has 122 valence electrons. The van der Waals surface area contributed by atoms with Crippen LogP contribution in [0.5, 0.6) is 0 Å². The average molecular weight is 321 g/mol. The molecule has 0 saturated carbocycles. The van der Waals surface area contributed by atoms with E-state index in [1.165, 1.54) is 24.7 Å². The smallest absolute Gasteiger partial charge is 0.151 e. The summed E-state index contributed by atoms with van der Waals surface area (Å²) < 4.78 is 22.8. The Hall–Kier alpha value is -1.13. The molecule has 0 saturated heterocycles. The maximum atomic E-state index is 11.4. The highest BCUT2D eigenvalue weighted by molar-refractivity contribution is 7.89. The van der Waals surface area contributed by atoms with E-state index in [0.29, 0.717) is 5.92 Å². The van der Waals surface area contributed by atoms with E-state index in [4.69, 9.17) is 0 Å². The Morgan fingerprint density at radius 3 is 2.68 bits per heavy atom. The number of allylic oxidation sites excluding steroid dienone is 1. The second-order valence-electron chi connectivity index (χ2n) is 6.63. The summed E-state index contributed by atoms with van der Waals surface area (Å²) in [5, 5.41) is 3.53. The van der Waals surface area contributed by atoms with Gasteiger partial charge in [-0.25, -0.2) is 8.42 Å². The fraction of sp³-hybridized carbons (Fsp3) is 0.556. The molecule has 0 bridgehead atoms. The molecule has 0 aromatic heterocycles. The molecule has 0 aliphatic heterocycles. The molecule has 3 nitrogen and oxygen atoms in total. The predicted octanol–water partition coefficient (Wildman–Crippen LogP) is 3.31. The molecular formula is C18H27NO2S. The van der Waals surface area contributed by atoms with Crippen LogP contribution in [-0.4, -0.2) is 21.2 Å². The zero-order chi connectivity index (χ0) is 16.2. The van der Waals surface area contributed by atoms with Crippen LogP contribution in [0.3, 0.4) is 0 Å². The van der Waals surface area contributed by atoms with Crippen LogP contribution >= 0.6 is 0 Å². The Balaban J connectivity index is 1.90. The van der Waals surface area contributed by atoms with Crippen LogP contribution in [-0.2, 0) is 22.1 Å². The number of hydrogen-bond acceptors (Lipinski definition) is 3. The van der Waals surface area contributed by atoms with Gasteiger partial charge < -0.3 is 5.32 Å². The third kappa shape index (κ3) is 5.25. The summed E-state index contributed by atoms with van der Waals surface area (Å²) in [5.41, 5.74) is 3.51. The van der Waals surface area contributed by atoms with Crippen LogP contribution in [0.1, 0.15) is 37.8 Å². The zero-order valence-corrected chi connectivity index (χ0v) is 14.6. The molecular weight excluding hydrogens is 294 g/mol. The van der Waals surface area contributed by atoms with E-state index in [2.05, 4.69) is 25.2 Å². The highest BCUT2D eigenvalue weighted by Gasteiger charge is 2.21. The molecule has 0 unspecified atom stereocenters. The third-order valence-electron chi connectivity index (χ3n) is 4.47. The van der Waals surface area contributed by atoms with Gasteiger partial charge in [0.2, 0.25) is 0 Å². The lowest BCUT2D eigenvalue weighted by Crippen LogP contribution is -2.29. The summed E-state index contributed by atoms with van der Waals surface area (Å²) in [6.07, 6.45) is 6.11.